The van der Waals surface area contributed by atoms with Crippen molar-refractivity contribution in [2.24, 2.45) is 0 Å². The average Bonchev–Trinajstić information content (AvgIpc) is 2.98. The van der Waals surface area contributed by atoms with Crippen molar-refractivity contribution in [3.63, 3.8) is 0 Å². The summed E-state index contributed by atoms with van der Waals surface area (Å²) in [5.74, 6) is 0.515. The van der Waals surface area contributed by atoms with Gasteiger partial charge in [0.25, 0.3) is 0 Å². The molecule has 0 saturated heterocycles. The molecule has 0 aliphatic carbocycles. The summed E-state index contributed by atoms with van der Waals surface area (Å²) in [6.07, 6.45) is 0. The Kier molecular flexibility index (Phi) is 3.29. The number of hydrogen-bond donors (Lipinski definition) is 0. The molecule has 19 heavy (non-hydrogen) atoms. The second-order valence-electron chi connectivity index (χ2n) is 4.44. The predicted molar refractivity (Wildman–Crippen MR) is 77.4 cm³/mol. The lowest BCUT2D eigenvalue weighted by atomic mass is 10.3. The van der Waals surface area contributed by atoms with E-state index in [2.05, 4.69) is 16.4 Å². The van der Waals surface area contributed by atoms with Gasteiger partial charge in [0.05, 0.1) is 23.0 Å². The third-order valence-electron chi connectivity index (χ3n) is 3.02. The Morgan fingerprint density at radius 2 is 2.26 bits per heavy atom. The van der Waals surface area contributed by atoms with Gasteiger partial charge in [0, 0.05) is 0 Å². The van der Waals surface area contributed by atoms with Crippen molar-refractivity contribution in [2.75, 3.05) is 0 Å². The fraction of sp³-hybridized carbons (Fsp3) is 0.214. The molecule has 0 amide bonds. The lowest BCUT2D eigenvalue weighted by Gasteiger charge is -2.09. The molecule has 0 aliphatic heterocycles. The molecule has 0 spiro atoms. The monoisotopic (exact) mass is 294 g/mol. The zero-order valence-electron chi connectivity index (χ0n) is 10.3. The van der Waals surface area contributed by atoms with E-state index in [-0.39, 0.29) is 11.2 Å². The van der Waals surface area contributed by atoms with Gasteiger partial charge in [-0.3, -0.25) is 0 Å². The van der Waals surface area contributed by atoms with Gasteiger partial charge in [-0.2, -0.15) is 11.3 Å². The Morgan fingerprint density at radius 1 is 1.42 bits per heavy atom. The fourth-order valence-electron chi connectivity index (χ4n) is 2.15. The Labute approximate surface area is 119 Å². The second-order valence-corrected chi connectivity index (χ2v) is 5.87. The van der Waals surface area contributed by atoms with Crippen molar-refractivity contribution in [2.45, 2.75) is 18.8 Å². The van der Waals surface area contributed by atoms with Crippen LogP contribution < -0.4 is 0 Å². The van der Waals surface area contributed by atoms with Crippen LogP contribution in [0.4, 0.5) is 4.39 Å². The van der Waals surface area contributed by atoms with Gasteiger partial charge in [-0.25, -0.2) is 9.37 Å². The van der Waals surface area contributed by atoms with E-state index < -0.39 is 0 Å². The number of benzene rings is 1. The first-order valence-electron chi connectivity index (χ1n) is 5.96. The maximum absolute atomic E-state index is 13.4. The molecule has 0 aliphatic rings. The number of hydrogen-bond acceptors (Lipinski definition) is 2. The van der Waals surface area contributed by atoms with Crippen LogP contribution >= 0.6 is 22.9 Å². The van der Waals surface area contributed by atoms with E-state index in [4.69, 9.17) is 11.6 Å². The highest BCUT2D eigenvalue weighted by molar-refractivity contribution is 7.07. The molecule has 3 rings (SSSR count). The van der Waals surface area contributed by atoms with E-state index >= 15 is 0 Å². The van der Waals surface area contributed by atoms with Crippen LogP contribution in [0.2, 0.25) is 0 Å². The lowest BCUT2D eigenvalue weighted by Crippen LogP contribution is -2.05. The largest absolute Gasteiger partial charge is 0.322 e. The Balaban J connectivity index is 2.18. The first-order valence-corrected chi connectivity index (χ1v) is 7.34. The van der Waals surface area contributed by atoms with Gasteiger partial charge in [0.15, 0.2) is 0 Å². The molecule has 0 radical (unpaired) electrons. The molecule has 5 heteroatoms. The van der Waals surface area contributed by atoms with Crippen molar-refractivity contribution >= 4 is 34.0 Å². The Bertz CT molecular complexity index is 704. The smallest absolute Gasteiger partial charge is 0.128 e. The summed E-state index contributed by atoms with van der Waals surface area (Å²) in [7, 11) is 0. The molecular weight excluding hydrogens is 283 g/mol. The molecule has 1 unspecified atom stereocenters. The molecule has 0 fully saturated rings. The molecule has 2 nitrogen and oxygen atoms in total. The quantitative estimate of drug-likeness (QED) is 0.646. The van der Waals surface area contributed by atoms with Gasteiger partial charge in [-0.1, -0.05) is 0 Å². The van der Waals surface area contributed by atoms with Crippen molar-refractivity contribution in [1.82, 2.24) is 9.55 Å². The van der Waals surface area contributed by atoms with E-state index in [0.717, 1.165) is 16.9 Å². The number of fused-ring (bicyclic) bond motifs is 1. The van der Waals surface area contributed by atoms with Crippen LogP contribution in [0.1, 0.15) is 23.7 Å². The highest BCUT2D eigenvalue weighted by Gasteiger charge is 2.15. The van der Waals surface area contributed by atoms with Gasteiger partial charge in [-0.05, 0) is 47.5 Å². The van der Waals surface area contributed by atoms with Gasteiger partial charge >= 0.3 is 0 Å². The zero-order chi connectivity index (χ0) is 13.4. The van der Waals surface area contributed by atoms with Crippen molar-refractivity contribution in [3.05, 3.63) is 52.2 Å². The van der Waals surface area contributed by atoms with E-state index in [9.17, 15) is 4.39 Å². The second kappa shape index (κ2) is 4.94. The molecule has 0 bridgehead atoms. The summed E-state index contributed by atoms with van der Waals surface area (Å²) in [5.41, 5.74) is 2.74. The minimum absolute atomic E-state index is 0.214. The SMILES string of the molecule is CC(Cl)c1nc2ccc(F)cc2n1Cc1ccsc1. The van der Waals surface area contributed by atoms with Gasteiger partial charge in [0.2, 0.25) is 0 Å². The van der Waals surface area contributed by atoms with Crippen molar-refractivity contribution in [3.8, 4) is 0 Å². The van der Waals surface area contributed by atoms with Gasteiger partial charge in [-0.15, -0.1) is 11.6 Å². The first-order chi connectivity index (χ1) is 9.15. The van der Waals surface area contributed by atoms with E-state index in [1.807, 2.05) is 16.9 Å². The van der Waals surface area contributed by atoms with Gasteiger partial charge < -0.3 is 4.57 Å². The first kappa shape index (κ1) is 12.6. The molecule has 1 aromatic carbocycles. The third kappa shape index (κ3) is 2.38. The topological polar surface area (TPSA) is 17.8 Å². The summed E-state index contributed by atoms with van der Waals surface area (Å²) in [5, 5.41) is 3.89. The molecule has 98 valence electrons. The number of halogens is 2. The van der Waals surface area contributed by atoms with E-state index in [1.54, 1.807) is 17.4 Å². The molecule has 3 aromatic rings. The van der Waals surface area contributed by atoms with Crippen LogP contribution in [0.3, 0.4) is 0 Å². The van der Waals surface area contributed by atoms with Crippen LogP contribution in [-0.4, -0.2) is 9.55 Å². The standard InChI is InChI=1S/C14H12ClFN2S/c1-9(15)14-17-12-3-2-11(16)6-13(12)18(14)7-10-4-5-19-8-10/h2-6,8-9H,7H2,1H3. The fourth-order valence-corrected chi connectivity index (χ4v) is 2.98. The summed E-state index contributed by atoms with van der Waals surface area (Å²) < 4.78 is 15.4. The summed E-state index contributed by atoms with van der Waals surface area (Å²) in [6, 6.07) is 6.68. The van der Waals surface area contributed by atoms with Crippen molar-refractivity contribution < 1.29 is 4.39 Å². The van der Waals surface area contributed by atoms with Gasteiger partial charge in [0.1, 0.15) is 11.6 Å². The maximum Gasteiger partial charge on any atom is 0.128 e. The predicted octanol–water partition coefficient (Wildman–Crippen LogP) is 4.59. The highest BCUT2D eigenvalue weighted by Crippen LogP contribution is 2.26. The molecule has 0 saturated carbocycles. The number of imidazole rings is 1. The number of alkyl halides is 1. The minimum atomic E-state index is -0.257. The van der Waals surface area contributed by atoms with E-state index in [1.165, 1.54) is 17.7 Å². The summed E-state index contributed by atoms with van der Waals surface area (Å²) in [4.78, 5) is 4.50. The zero-order valence-corrected chi connectivity index (χ0v) is 11.9. The van der Waals surface area contributed by atoms with Crippen LogP contribution in [0.5, 0.6) is 0 Å². The number of nitrogens with zero attached hydrogens (tertiary/aromatic N) is 2. The normalized spacial score (nSPS) is 13.0. The maximum atomic E-state index is 13.4. The minimum Gasteiger partial charge on any atom is -0.322 e. The molecule has 1 atom stereocenters. The molecular formula is C14H12ClFN2S. The van der Waals surface area contributed by atoms with Crippen LogP contribution in [0.25, 0.3) is 11.0 Å². The molecule has 2 heterocycles. The Morgan fingerprint density at radius 3 is 2.95 bits per heavy atom. The summed E-state index contributed by atoms with van der Waals surface area (Å²) >= 11 is 7.83. The Hall–Kier alpha value is -1.39. The third-order valence-corrected chi connectivity index (χ3v) is 3.94. The van der Waals surface area contributed by atoms with E-state index in [0.29, 0.717) is 6.54 Å². The molecule has 0 N–H and O–H groups in total. The average molecular weight is 295 g/mol. The summed E-state index contributed by atoms with van der Waals surface area (Å²) in [6.45, 7) is 2.54. The molecule has 2 aromatic heterocycles. The van der Waals surface area contributed by atoms with Crippen LogP contribution in [0.15, 0.2) is 35.0 Å². The highest BCUT2D eigenvalue weighted by atomic mass is 35.5. The van der Waals surface area contributed by atoms with Crippen LogP contribution in [-0.2, 0) is 6.54 Å². The number of aromatic nitrogens is 2. The van der Waals surface area contributed by atoms with Crippen molar-refractivity contribution in [1.29, 1.82) is 0 Å². The lowest BCUT2D eigenvalue weighted by molar-refractivity contribution is 0.628. The number of rotatable bonds is 3. The number of thiophene rings is 1. The van der Waals surface area contributed by atoms with Crippen LogP contribution in [0, 0.1) is 5.82 Å².